The van der Waals surface area contributed by atoms with Gasteiger partial charge in [0.15, 0.2) is 5.78 Å². The molecule has 1 fully saturated rings. The summed E-state index contributed by atoms with van der Waals surface area (Å²) in [4.78, 5) is 51.2. The van der Waals surface area contributed by atoms with Gasteiger partial charge in [0.05, 0.1) is 5.92 Å². The number of rotatable bonds is 4. The average molecular weight is 443 g/mol. The number of ketones is 1. The van der Waals surface area contributed by atoms with Crippen molar-refractivity contribution < 1.29 is 33.4 Å². The van der Waals surface area contributed by atoms with Gasteiger partial charge in [-0.2, -0.15) is 0 Å². The Bertz CT molecular complexity index is 1010. The molecule has 0 radical (unpaired) electrons. The SMILES string of the molecule is C/C=C(\C)C(=O)OC1C2C(C)=CC(=O)C2=C(C)CC2OC(=O)C(C)(OC(=O)/C(C)=C/C)C21. The van der Waals surface area contributed by atoms with Crippen LogP contribution >= 0.6 is 0 Å². The second kappa shape index (κ2) is 8.52. The third kappa shape index (κ3) is 3.74. The first-order chi connectivity index (χ1) is 15.0. The lowest BCUT2D eigenvalue weighted by molar-refractivity contribution is -0.176. The average Bonchev–Trinajstić information content (AvgIpc) is 3.11. The maximum absolute atomic E-state index is 13.0. The summed E-state index contributed by atoms with van der Waals surface area (Å²) in [6.45, 7) is 11.8. The Hall–Kier alpha value is -2.96. The van der Waals surface area contributed by atoms with Crippen LogP contribution in [0.2, 0.25) is 0 Å². The van der Waals surface area contributed by atoms with Gasteiger partial charge in [0.25, 0.3) is 0 Å². The van der Waals surface area contributed by atoms with Crippen molar-refractivity contribution in [1.29, 1.82) is 0 Å². The molecule has 0 N–H and O–H groups in total. The number of fused-ring (bicyclic) bond motifs is 2. The van der Waals surface area contributed by atoms with E-state index in [1.54, 1.807) is 46.8 Å². The largest absolute Gasteiger partial charge is 0.458 e. The van der Waals surface area contributed by atoms with Crippen molar-refractivity contribution in [3.8, 4) is 0 Å². The number of hydrogen-bond donors (Lipinski definition) is 0. The molecule has 5 atom stereocenters. The van der Waals surface area contributed by atoms with E-state index in [2.05, 4.69) is 0 Å². The molecule has 1 saturated heterocycles. The van der Waals surface area contributed by atoms with Crippen LogP contribution in [0.25, 0.3) is 0 Å². The van der Waals surface area contributed by atoms with E-state index in [0.717, 1.165) is 11.1 Å². The number of carbonyl (C=O) groups excluding carboxylic acids is 4. The van der Waals surface area contributed by atoms with Crippen molar-refractivity contribution in [2.24, 2.45) is 11.8 Å². The summed E-state index contributed by atoms with van der Waals surface area (Å²) in [5.41, 5.74) is 1.13. The Morgan fingerprint density at radius 1 is 1.09 bits per heavy atom. The van der Waals surface area contributed by atoms with E-state index in [1.165, 1.54) is 13.0 Å². The van der Waals surface area contributed by atoms with Crippen molar-refractivity contribution in [2.45, 2.75) is 72.7 Å². The minimum Gasteiger partial charge on any atom is -0.458 e. The second-order valence-electron chi connectivity index (χ2n) is 8.91. The minimum absolute atomic E-state index is 0.136. The molecule has 1 heterocycles. The van der Waals surface area contributed by atoms with E-state index >= 15 is 0 Å². The van der Waals surface area contributed by atoms with Gasteiger partial charge in [0.2, 0.25) is 5.60 Å². The summed E-state index contributed by atoms with van der Waals surface area (Å²) in [7, 11) is 0. The molecule has 3 rings (SSSR count). The molecule has 7 heteroatoms. The van der Waals surface area contributed by atoms with Gasteiger partial charge in [0.1, 0.15) is 12.2 Å². The zero-order valence-electron chi connectivity index (χ0n) is 19.6. The molecule has 32 heavy (non-hydrogen) atoms. The number of esters is 3. The molecule has 1 aliphatic heterocycles. The highest BCUT2D eigenvalue weighted by Crippen LogP contribution is 2.50. The number of hydrogen-bond acceptors (Lipinski definition) is 7. The lowest BCUT2D eigenvalue weighted by atomic mass is 9.76. The van der Waals surface area contributed by atoms with Crippen LogP contribution in [-0.4, -0.2) is 41.5 Å². The predicted octanol–water partition coefficient (Wildman–Crippen LogP) is 3.54. The third-order valence-corrected chi connectivity index (χ3v) is 6.83. The molecule has 0 aromatic heterocycles. The van der Waals surface area contributed by atoms with Crippen LogP contribution < -0.4 is 0 Å². The first-order valence-electron chi connectivity index (χ1n) is 10.8. The molecule has 3 aliphatic rings. The van der Waals surface area contributed by atoms with Gasteiger partial charge >= 0.3 is 17.9 Å². The topological polar surface area (TPSA) is 96.0 Å². The highest BCUT2D eigenvalue weighted by Gasteiger charge is 2.64. The Morgan fingerprint density at radius 3 is 2.28 bits per heavy atom. The molecule has 0 aromatic rings. The molecule has 0 amide bonds. The van der Waals surface area contributed by atoms with E-state index < -0.39 is 47.6 Å². The molecule has 172 valence electrons. The smallest absolute Gasteiger partial charge is 0.351 e. The van der Waals surface area contributed by atoms with Crippen LogP contribution in [-0.2, 0) is 33.4 Å². The van der Waals surface area contributed by atoms with Crippen molar-refractivity contribution in [2.75, 3.05) is 0 Å². The zero-order chi connectivity index (χ0) is 24.0. The summed E-state index contributed by atoms with van der Waals surface area (Å²) in [6.07, 6.45) is 3.43. The van der Waals surface area contributed by atoms with Crippen LogP contribution in [0, 0.1) is 11.8 Å². The predicted molar refractivity (Wildman–Crippen MR) is 116 cm³/mol. The first kappa shape index (κ1) is 23.7. The molecule has 7 nitrogen and oxygen atoms in total. The van der Waals surface area contributed by atoms with Gasteiger partial charge in [-0.3, -0.25) is 4.79 Å². The van der Waals surface area contributed by atoms with Crippen molar-refractivity contribution in [1.82, 2.24) is 0 Å². The Morgan fingerprint density at radius 2 is 1.69 bits per heavy atom. The van der Waals surface area contributed by atoms with E-state index in [-0.39, 0.29) is 5.78 Å². The van der Waals surface area contributed by atoms with E-state index in [4.69, 9.17) is 14.2 Å². The van der Waals surface area contributed by atoms with Gasteiger partial charge in [-0.15, -0.1) is 0 Å². The van der Waals surface area contributed by atoms with Crippen LogP contribution in [0.1, 0.15) is 54.9 Å². The van der Waals surface area contributed by atoms with Gasteiger partial charge in [-0.25, -0.2) is 14.4 Å². The maximum atomic E-state index is 13.0. The van der Waals surface area contributed by atoms with Crippen LogP contribution in [0.4, 0.5) is 0 Å². The van der Waals surface area contributed by atoms with Crippen LogP contribution in [0.3, 0.4) is 0 Å². The summed E-state index contributed by atoms with van der Waals surface area (Å²) in [5, 5.41) is 0. The van der Waals surface area contributed by atoms with Gasteiger partial charge < -0.3 is 14.2 Å². The number of ether oxygens (including phenoxy) is 3. The highest BCUT2D eigenvalue weighted by molar-refractivity contribution is 6.09. The Labute approximate surface area is 188 Å². The van der Waals surface area contributed by atoms with E-state index in [9.17, 15) is 19.2 Å². The Kier molecular flexibility index (Phi) is 6.31. The molecule has 0 aromatic carbocycles. The number of carbonyl (C=O) groups is 4. The quantitative estimate of drug-likeness (QED) is 0.373. The van der Waals surface area contributed by atoms with Gasteiger partial charge in [-0.05, 0) is 54.5 Å². The van der Waals surface area contributed by atoms with Crippen molar-refractivity contribution in [3.63, 3.8) is 0 Å². The number of allylic oxidation sites excluding steroid dienone is 3. The third-order valence-electron chi connectivity index (χ3n) is 6.83. The van der Waals surface area contributed by atoms with Crippen molar-refractivity contribution in [3.05, 3.63) is 46.1 Å². The highest BCUT2D eigenvalue weighted by atomic mass is 16.6. The summed E-state index contributed by atoms with van der Waals surface area (Å²) < 4.78 is 17.4. The Balaban J connectivity index is 2.15. The molecular formula is C25H30O7. The fourth-order valence-electron chi connectivity index (χ4n) is 4.76. The lowest BCUT2D eigenvalue weighted by Gasteiger charge is -2.36. The van der Waals surface area contributed by atoms with Crippen molar-refractivity contribution >= 4 is 23.7 Å². The lowest BCUT2D eigenvalue weighted by Crippen LogP contribution is -2.52. The molecule has 0 spiro atoms. The van der Waals surface area contributed by atoms with E-state index in [1.807, 2.05) is 6.92 Å². The molecule has 0 saturated carbocycles. The fourth-order valence-corrected chi connectivity index (χ4v) is 4.76. The molecular weight excluding hydrogens is 412 g/mol. The molecule has 5 unspecified atom stereocenters. The summed E-state index contributed by atoms with van der Waals surface area (Å²) in [6, 6.07) is 0. The molecule has 2 aliphatic carbocycles. The second-order valence-corrected chi connectivity index (χ2v) is 8.91. The minimum atomic E-state index is -1.68. The standard InChI is InChI=1S/C25H30O7/c1-8-12(3)22(27)31-21-19-14(5)10-16(26)18(19)15(6)11-17-20(21)25(7,24(29)30-17)32-23(28)13(4)9-2/h8-10,17,19-21H,11H2,1-7H3/b12-8+,13-9+. The summed E-state index contributed by atoms with van der Waals surface area (Å²) in [5.74, 6) is -3.35. The van der Waals surface area contributed by atoms with Gasteiger partial charge in [-0.1, -0.05) is 23.3 Å². The first-order valence-corrected chi connectivity index (χ1v) is 10.8. The maximum Gasteiger partial charge on any atom is 0.351 e. The fraction of sp³-hybridized carbons (Fsp3) is 0.520. The zero-order valence-corrected chi connectivity index (χ0v) is 19.6. The van der Waals surface area contributed by atoms with E-state index in [0.29, 0.717) is 23.1 Å². The summed E-state index contributed by atoms with van der Waals surface area (Å²) >= 11 is 0. The van der Waals surface area contributed by atoms with Crippen LogP contribution in [0.5, 0.6) is 0 Å². The monoisotopic (exact) mass is 442 g/mol. The normalized spacial score (nSPS) is 32.7. The van der Waals surface area contributed by atoms with Gasteiger partial charge in [0, 0.05) is 29.1 Å². The van der Waals surface area contributed by atoms with Crippen LogP contribution in [0.15, 0.2) is 46.1 Å². The molecule has 0 bridgehead atoms.